The summed E-state index contributed by atoms with van der Waals surface area (Å²) < 4.78 is 5.27. The third-order valence-corrected chi connectivity index (χ3v) is 2.65. The van der Waals surface area contributed by atoms with Crippen molar-refractivity contribution in [2.24, 2.45) is 5.41 Å². The SMILES string of the molecule is CC1(C)COCCC1Cl. The maximum Gasteiger partial charge on any atom is 0.0531 e. The van der Waals surface area contributed by atoms with Gasteiger partial charge in [-0.2, -0.15) is 0 Å². The molecule has 0 aliphatic carbocycles. The van der Waals surface area contributed by atoms with Crippen molar-refractivity contribution in [3.63, 3.8) is 0 Å². The largest absolute Gasteiger partial charge is 0.381 e. The maximum absolute atomic E-state index is 6.03. The number of alkyl halides is 1. The second-order valence-corrected chi connectivity index (χ2v) is 3.82. The van der Waals surface area contributed by atoms with Gasteiger partial charge in [0.25, 0.3) is 0 Å². The summed E-state index contributed by atoms with van der Waals surface area (Å²) in [6.07, 6.45) is 0.995. The zero-order valence-corrected chi connectivity index (χ0v) is 6.74. The highest BCUT2D eigenvalue weighted by Crippen LogP contribution is 2.31. The lowest BCUT2D eigenvalue weighted by Gasteiger charge is -2.34. The second-order valence-electron chi connectivity index (χ2n) is 3.30. The molecule has 0 bridgehead atoms. The Kier molecular flexibility index (Phi) is 2.02. The molecule has 1 heterocycles. The molecule has 1 nitrogen and oxygen atoms in total. The molecule has 1 unspecified atom stereocenters. The molecule has 0 spiro atoms. The number of halogens is 1. The van der Waals surface area contributed by atoms with Crippen molar-refractivity contribution in [2.75, 3.05) is 13.2 Å². The standard InChI is InChI=1S/C7H13ClO/c1-7(2)5-9-4-3-6(7)8/h6H,3-5H2,1-2H3. The topological polar surface area (TPSA) is 9.23 Å². The Balaban J connectivity index is 2.49. The molecule has 2 heteroatoms. The molecule has 1 fully saturated rings. The zero-order valence-electron chi connectivity index (χ0n) is 5.98. The summed E-state index contributed by atoms with van der Waals surface area (Å²) in [5.41, 5.74) is 0.180. The minimum absolute atomic E-state index is 0.180. The van der Waals surface area contributed by atoms with E-state index in [2.05, 4.69) is 13.8 Å². The van der Waals surface area contributed by atoms with Gasteiger partial charge in [0.1, 0.15) is 0 Å². The highest BCUT2D eigenvalue weighted by molar-refractivity contribution is 6.21. The first-order valence-corrected chi connectivity index (χ1v) is 3.78. The average molecular weight is 149 g/mol. The van der Waals surface area contributed by atoms with Crippen molar-refractivity contribution in [2.45, 2.75) is 25.6 Å². The number of hydrogen-bond donors (Lipinski definition) is 0. The predicted molar refractivity (Wildman–Crippen MR) is 38.9 cm³/mol. The molecule has 1 rings (SSSR count). The van der Waals surface area contributed by atoms with Gasteiger partial charge in [-0.25, -0.2) is 0 Å². The lowest BCUT2D eigenvalue weighted by atomic mass is 9.87. The maximum atomic E-state index is 6.03. The van der Waals surface area contributed by atoms with Crippen LogP contribution in [-0.4, -0.2) is 18.6 Å². The second kappa shape index (κ2) is 2.47. The van der Waals surface area contributed by atoms with Gasteiger partial charge >= 0.3 is 0 Å². The van der Waals surface area contributed by atoms with Crippen molar-refractivity contribution in [1.29, 1.82) is 0 Å². The summed E-state index contributed by atoms with van der Waals surface area (Å²) in [6.45, 7) is 5.92. The van der Waals surface area contributed by atoms with Crippen LogP contribution < -0.4 is 0 Å². The van der Waals surface area contributed by atoms with Gasteiger partial charge in [-0.3, -0.25) is 0 Å². The molecule has 0 N–H and O–H groups in total. The van der Waals surface area contributed by atoms with Crippen molar-refractivity contribution >= 4 is 11.6 Å². The molecule has 0 aromatic rings. The van der Waals surface area contributed by atoms with E-state index in [1.165, 1.54) is 0 Å². The quantitative estimate of drug-likeness (QED) is 0.478. The van der Waals surface area contributed by atoms with Gasteiger partial charge in [-0.15, -0.1) is 11.6 Å². The Morgan fingerprint density at radius 3 is 2.56 bits per heavy atom. The summed E-state index contributed by atoms with van der Waals surface area (Å²) in [6, 6.07) is 0. The van der Waals surface area contributed by atoms with E-state index in [0.717, 1.165) is 19.6 Å². The molecule has 0 radical (unpaired) electrons. The van der Waals surface area contributed by atoms with E-state index in [1.807, 2.05) is 0 Å². The van der Waals surface area contributed by atoms with E-state index in [4.69, 9.17) is 16.3 Å². The van der Waals surface area contributed by atoms with Crippen molar-refractivity contribution in [3.05, 3.63) is 0 Å². The van der Waals surface area contributed by atoms with Crippen LogP contribution in [0, 0.1) is 5.41 Å². The molecule has 1 aliphatic rings. The third-order valence-electron chi connectivity index (χ3n) is 1.84. The Labute approximate surface area is 61.3 Å². The van der Waals surface area contributed by atoms with Crippen LogP contribution >= 0.6 is 11.6 Å². The third kappa shape index (κ3) is 1.59. The fourth-order valence-corrected chi connectivity index (χ4v) is 1.16. The van der Waals surface area contributed by atoms with E-state index in [0.29, 0.717) is 5.38 Å². The smallest absolute Gasteiger partial charge is 0.0531 e. The fourth-order valence-electron chi connectivity index (χ4n) is 1.00. The Bertz CT molecular complexity index is 101. The van der Waals surface area contributed by atoms with Crippen molar-refractivity contribution < 1.29 is 4.74 Å². The van der Waals surface area contributed by atoms with Gasteiger partial charge in [0, 0.05) is 17.4 Å². The summed E-state index contributed by atoms with van der Waals surface area (Å²) >= 11 is 6.03. The molecule has 1 aliphatic heterocycles. The summed E-state index contributed by atoms with van der Waals surface area (Å²) in [5.74, 6) is 0. The fraction of sp³-hybridized carbons (Fsp3) is 1.00. The van der Waals surface area contributed by atoms with Crippen LogP contribution in [0.5, 0.6) is 0 Å². The molecule has 54 valence electrons. The van der Waals surface area contributed by atoms with Crippen LogP contribution in [0.2, 0.25) is 0 Å². The zero-order chi connectivity index (χ0) is 6.91. The van der Waals surface area contributed by atoms with Gasteiger partial charge in [-0.05, 0) is 6.42 Å². The molecule has 9 heavy (non-hydrogen) atoms. The first kappa shape index (κ1) is 7.36. The van der Waals surface area contributed by atoms with Crippen LogP contribution in [0.15, 0.2) is 0 Å². The van der Waals surface area contributed by atoms with Gasteiger partial charge < -0.3 is 4.74 Å². The highest BCUT2D eigenvalue weighted by Gasteiger charge is 2.30. The number of ether oxygens (including phenoxy) is 1. The van der Waals surface area contributed by atoms with E-state index >= 15 is 0 Å². The molecule has 0 aromatic carbocycles. The average Bonchev–Trinajstić information content (AvgIpc) is 1.77. The molecule has 0 aromatic heterocycles. The summed E-state index contributed by atoms with van der Waals surface area (Å²) in [5, 5.41) is 0.297. The highest BCUT2D eigenvalue weighted by atomic mass is 35.5. The molecular weight excluding hydrogens is 136 g/mol. The Morgan fingerprint density at radius 2 is 2.22 bits per heavy atom. The number of hydrogen-bond acceptors (Lipinski definition) is 1. The molecule has 1 atom stereocenters. The Hall–Kier alpha value is 0.250. The van der Waals surface area contributed by atoms with E-state index in [-0.39, 0.29) is 5.41 Å². The van der Waals surface area contributed by atoms with Gasteiger partial charge in [0.2, 0.25) is 0 Å². The van der Waals surface area contributed by atoms with Crippen LogP contribution in [0.25, 0.3) is 0 Å². The van der Waals surface area contributed by atoms with Crippen LogP contribution in [0.3, 0.4) is 0 Å². The molecule has 0 saturated carbocycles. The minimum Gasteiger partial charge on any atom is -0.381 e. The molecule has 1 saturated heterocycles. The predicted octanol–water partition coefficient (Wildman–Crippen LogP) is 2.04. The lowest BCUT2D eigenvalue weighted by Crippen LogP contribution is -2.35. The van der Waals surface area contributed by atoms with E-state index in [9.17, 15) is 0 Å². The molecular formula is C7H13ClO. The van der Waals surface area contributed by atoms with Crippen LogP contribution in [-0.2, 0) is 4.74 Å². The van der Waals surface area contributed by atoms with E-state index < -0.39 is 0 Å². The van der Waals surface area contributed by atoms with Gasteiger partial charge in [0.05, 0.1) is 6.61 Å². The lowest BCUT2D eigenvalue weighted by molar-refractivity contribution is 0.0161. The number of rotatable bonds is 0. The first-order valence-electron chi connectivity index (χ1n) is 3.35. The summed E-state index contributed by atoms with van der Waals surface area (Å²) in [4.78, 5) is 0. The van der Waals surface area contributed by atoms with Gasteiger partial charge in [0.15, 0.2) is 0 Å². The van der Waals surface area contributed by atoms with Crippen molar-refractivity contribution in [1.82, 2.24) is 0 Å². The Morgan fingerprint density at radius 1 is 1.56 bits per heavy atom. The van der Waals surface area contributed by atoms with Crippen LogP contribution in [0.4, 0.5) is 0 Å². The van der Waals surface area contributed by atoms with E-state index in [1.54, 1.807) is 0 Å². The summed E-state index contributed by atoms with van der Waals surface area (Å²) in [7, 11) is 0. The monoisotopic (exact) mass is 148 g/mol. The molecule has 0 amide bonds. The minimum atomic E-state index is 0.180. The normalized spacial score (nSPS) is 34.3. The van der Waals surface area contributed by atoms with Crippen LogP contribution in [0.1, 0.15) is 20.3 Å². The van der Waals surface area contributed by atoms with Crippen molar-refractivity contribution in [3.8, 4) is 0 Å². The van der Waals surface area contributed by atoms with Gasteiger partial charge in [-0.1, -0.05) is 13.8 Å². The first-order chi connectivity index (χ1) is 4.13.